The second-order valence-corrected chi connectivity index (χ2v) is 6.28. The van der Waals surface area contributed by atoms with E-state index < -0.39 is 0 Å². The normalized spacial score (nSPS) is 15.1. The first-order chi connectivity index (χ1) is 10.3. The zero-order valence-electron chi connectivity index (χ0n) is 11.4. The van der Waals surface area contributed by atoms with Crippen LogP contribution < -0.4 is 5.56 Å². The van der Waals surface area contributed by atoms with Crippen molar-refractivity contribution in [2.75, 3.05) is 0 Å². The Morgan fingerprint density at radius 1 is 1.38 bits per heavy atom. The van der Waals surface area contributed by atoms with Gasteiger partial charge in [0.25, 0.3) is 5.56 Å². The second-order valence-electron chi connectivity index (χ2n) is 5.36. The summed E-state index contributed by atoms with van der Waals surface area (Å²) in [5.74, 6) is 1.67. The van der Waals surface area contributed by atoms with Gasteiger partial charge in [0.2, 0.25) is 0 Å². The highest BCUT2D eigenvalue weighted by Gasteiger charge is 2.30. The van der Waals surface area contributed by atoms with Crippen molar-refractivity contribution in [1.82, 2.24) is 14.9 Å². The number of rotatable bonds is 5. The summed E-state index contributed by atoms with van der Waals surface area (Å²) in [6.07, 6.45) is 4.09. The smallest absolute Gasteiger partial charge is 0.268 e. The fourth-order valence-electron chi connectivity index (χ4n) is 2.55. The molecule has 1 N–H and O–H groups in total. The minimum Gasteiger partial charge on any atom is -0.468 e. The fourth-order valence-corrected chi connectivity index (χ4v) is 3.27. The van der Waals surface area contributed by atoms with E-state index >= 15 is 0 Å². The number of aromatic nitrogens is 2. The number of furan rings is 1. The van der Waals surface area contributed by atoms with Crippen molar-refractivity contribution in [3.8, 4) is 0 Å². The van der Waals surface area contributed by atoms with Gasteiger partial charge in [0.1, 0.15) is 16.3 Å². The van der Waals surface area contributed by atoms with Crippen LogP contribution in [0.4, 0.5) is 0 Å². The van der Waals surface area contributed by atoms with Crippen LogP contribution in [0.3, 0.4) is 0 Å². The molecule has 5 nitrogen and oxygen atoms in total. The number of aromatic amines is 1. The van der Waals surface area contributed by atoms with Gasteiger partial charge >= 0.3 is 0 Å². The zero-order valence-corrected chi connectivity index (χ0v) is 12.2. The second kappa shape index (κ2) is 5.13. The standard InChI is InChI=1S/C15H15N3O2S/c19-15-14-12(5-7-21-14)16-13(17-15)9-18(10-3-4-10)8-11-2-1-6-20-11/h1-2,5-7,10H,3-4,8-9H2,(H,16,17,19). The lowest BCUT2D eigenvalue weighted by molar-refractivity contribution is 0.220. The monoisotopic (exact) mass is 301 g/mol. The van der Waals surface area contributed by atoms with Crippen molar-refractivity contribution in [3.63, 3.8) is 0 Å². The van der Waals surface area contributed by atoms with Gasteiger partial charge in [-0.1, -0.05) is 0 Å². The lowest BCUT2D eigenvalue weighted by Crippen LogP contribution is -2.27. The predicted octanol–water partition coefficient (Wildman–Crippen LogP) is 2.74. The maximum atomic E-state index is 12.0. The Kier molecular flexibility index (Phi) is 3.12. The molecule has 21 heavy (non-hydrogen) atoms. The van der Waals surface area contributed by atoms with Gasteiger partial charge in [0.15, 0.2) is 0 Å². The van der Waals surface area contributed by atoms with Gasteiger partial charge in [-0.2, -0.15) is 0 Å². The average molecular weight is 301 g/mol. The number of fused-ring (bicyclic) bond motifs is 1. The lowest BCUT2D eigenvalue weighted by atomic mass is 10.3. The van der Waals surface area contributed by atoms with E-state index in [1.165, 1.54) is 24.2 Å². The maximum Gasteiger partial charge on any atom is 0.268 e. The zero-order chi connectivity index (χ0) is 14.2. The van der Waals surface area contributed by atoms with Gasteiger partial charge in [0, 0.05) is 6.04 Å². The Morgan fingerprint density at radius 3 is 3.05 bits per heavy atom. The summed E-state index contributed by atoms with van der Waals surface area (Å²) in [4.78, 5) is 21.8. The summed E-state index contributed by atoms with van der Waals surface area (Å²) in [6.45, 7) is 1.40. The summed E-state index contributed by atoms with van der Waals surface area (Å²) in [5.41, 5.74) is 0.742. The van der Waals surface area contributed by atoms with Crippen LogP contribution in [0.1, 0.15) is 24.4 Å². The lowest BCUT2D eigenvalue weighted by Gasteiger charge is -2.19. The van der Waals surface area contributed by atoms with Gasteiger partial charge in [-0.05, 0) is 36.4 Å². The van der Waals surface area contributed by atoms with Gasteiger partial charge in [-0.25, -0.2) is 4.98 Å². The largest absolute Gasteiger partial charge is 0.468 e. The van der Waals surface area contributed by atoms with Gasteiger partial charge in [-0.3, -0.25) is 9.69 Å². The Hall–Kier alpha value is -1.92. The van der Waals surface area contributed by atoms with E-state index in [9.17, 15) is 4.79 Å². The SMILES string of the molecule is O=c1[nH]c(CN(Cc2ccco2)C2CC2)nc2ccsc12. The quantitative estimate of drug-likeness (QED) is 0.787. The molecule has 1 saturated carbocycles. The third-order valence-corrected chi connectivity index (χ3v) is 4.62. The molecule has 0 aliphatic heterocycles. The molecule has 0 aromatic carbocycles. The molecule has 1 aliphatic carbocycles. The molecule has 3 aromatic heterocycles. The van der Waals surface area contributed by atoms with Crippen molar-refractivity contribution < 1.29 is 4.42 Å². The van der Waals surface area contributed by atoms with E-state index in [2.05, 4.69) is 14.9 Å². The van der Waals surface area contributed by atoms with E-state index in [1.807, 2.05) is 23.6 Å². The number of H-pyrrole nitrogens is 1. The van der Waals surface area contributed by atoms with Crippen molar-refractivity contribution in [1.29, 1.82) is 0 Å². The van der Waals surface area contributed by atoms with Crippen LogP contribution in [-0.4, -0.2) is 20.9 Å². The highest BCUT2D eigenvalue weighted by atomic mass is 32.1. The Labute approximate surface area is 125 Å². The summed E-state index contributed by atoms with van der Waals surface area (Å²) >= 11 is 1.43. The molecule has 0 saturated heterocycles. The molecule has 0 amide bonds. The predicted molar refractivity (Wildman–Crippen MR) is 81.2 cm³/mol. The van der Waals surface area contributed by atoms with Gasteiger partial charge in [-0.15, -0.1) is 11.3 Å². The number of hydrogen-bond acceptors (Lipinski definition) is 5. The van der Waals surface area contributed by atoms with Crippen molar-refractivity contribution >= 4 is 21.6 Å². The molecule has 3 heterocycles. The third-order valence-electron chi connectivity index (χ3n) is 3.72. The van der Waals surface area contributed by atoms with E-state index in [0.717, 1.165) is 23.6 Å². The molecule has 0 unspecified atom stereocenters. The van der Waals surface area contributed by atoms with E-state index in [-0.39, 0.29) is 5.56 Å². The molecule has 6 heteroatoms. The van der Waals surface area contributed by atoms with Crippen LogP contribution in [0.25, 0.3) is 10.2 Å². The Morgan fingerprint density at radius 2 is 2.29 bits per heavy atom. The molecule has 3 aromatic rings. The van der Waals surface area contributed by atoms with E-state index in [4.69, 9.17) is 4.42 Å². The minimum absolute atomic E-state index is 0.0428. The van der Waals surface area contributed by atoms with Crippen molar-refractivity contribution in [2.45, 2.75) is 32.0 Å². The minimum atomic E-state index is -0.0428. The van der Waals surface area contributed by atoms with Crippen LogP contribution in [0.15, 0.2) is 39.1 Å². The maximum absolute atomic E-state index is 12.0. The molecule has 0 bridgehead atoms. The topological polar surface area (TPSA) is 62.1 Å². The molecule has 0 radical (unpaired) electrons. The molecule has 1 fully saturated rings. The van der Waals surface area contributed by atoms with E-state index in [1.54, 1.807) is 6.26 Å². The summed E-state index contributed by atoms with van der Waals surface area (Å²) < 4.78 is 6.13. The third kappa shape index (κ3) is 2.64. The number of nitrogens with zero attached hydrogens (tertiary/aromatic N) is 2. The first-order valence-electron chi connectivity index (χ1n) is 7.02. The Balaban J connectivity index is 1.60. The fraction of sp³-hybridized carbons (Fsp3) is 0.333. The average Bonchev–Trinajstić information content (AvgIpc) is 2.98. The highest BCUT2D eigenvalue weighted by Crippen LogP contribution is 2.29. The molecule has 1 aliphatic rings. The highest BCUT2D eigenvalue weighted by molar-refractivity contribution is 7.17. The van der Waals surface area contributed by atoms with E-state index in [0.29, 0.717) is 17.3 Å². The van der Waals surface area contributed by atoms with Crippen molar-refractivity contribution in [2.24, 2.45) is 0 Å². The van der Waals surface area contributed by atoms with Crippen LogP contribution in [0.2, 0.25) is 0 Å². The molecule has 0 spiro atoms. The summed E-state index contributed by atoms with van der Waals surface area (Å²) in [6, 6.07) is 6.34. The van der Waals surface area contributed by atoms with Crippen LogP contribution in [-0.2, 0) is 13.1 Å². The van der Waals surface area contributed by atoms with Crippen molar-refractivity contribution in [3.05, 3.63) is 51.8 Å². The number of nitrogens with one attached hydrogen (secondary N) is 1. The number of thiophene rings is 1. The molecular weight excluding hydrogens is 286 g/mol. The summed E-state index contributed by atoms with van der Waals surface area (Å²) in [5, 5.41) is 1.90. The van der Waals surface area contributed by atoms with Crippen LogP contribution >= 0.6 is 11.3 Å². The summed E-state index contributed by atoms with van der Waals surface area (Å²) in [7, 11) is 0. The van der Waals surface area contributed by atoms with Crippen LogP contribution in [0.5, 0.6) is 0 Å². The molecule has 108 valence electrons. The Bertz CT molecular complexity index is 802. The van der Waals surface area contributed by atoms with Gasteiger partial charge in [0.05, 0.1) is 24.9 Å². The van der Waals surface area contributed by atoms with Crippen LogP contribution in [0, 0.1) is 0 Å². The van der Waals surface area contributed by atoms with Gasteiger partial charge < -0.3 is 9.40 Å². The molecule has 0 atom stereocenters. The first kappa shape index (κ1) is 12.8. The first-order valence-corrected chi connectivity index (χ1v) is 7.90. The molecule has 4 rings (SSSR count). The molecular formula is C15H15N3O2S. The number of hydrogen-bond donors (Lipinski definition) is 1.